The summed E-state index contributed by atoms with van der Waals surface area (Å²) in [6, 6.07) is 4.29. The summed E-state index contributed by atoms with van der Waals surface area (Å²) < 4.78 is 5.15. The number of nitrogens with one attached hydrogen (secondary N) is 1. The zero-order valence-corrected chi connectivity index (χ0v) is 9.92. The molecule has 1 atom stereocenters. The number of rotatable bonds is 2. The van der Waals surface area contributed by atoms with Crippen LogP contribution in [0.4, 0.5) is 0 Å². The van der Waals surface area contributed by atoms with Crippen molar-refractivity contribution in [3.63, 3.8) is 0 Å². The molecule has 3 nitrogen and oxygen atoms in total. The molecule has 1 heterocycles. The number of hydrogen-bond acceptors (Lipinski definition) is 3. The van der Waals surface area contributed by atoms with Crippen LogP contribution in [-0.2, 0) is 0 Å². The molecule has 0 amide bonds. The molecule has 1 aliphatic rings. The number of hydrogen-bond donors (Lipinski definition) is 2. The van der Waals surface area contributed by atoms with E-state index < -0.39 is 0 Å². The average Bonchev–Trinajstić information content (AvgIpc) is 2.30. The summed E-state index contributed by atoms with van der Waals surface area (Å²) in [5.41, 5.74) is 2.15. The van der Waals surface area contributed by atoms with Crippen molar-refractivity contribution in [2.45, 2.75) is 32.2 Å². The number of benzene rings is 1. The Hall–Kier alpha value is -1.22. The fourth-order valence-electron chi connectivity index (χ4n) is 2.39. The molecule has 0 aromatic heterocycles. The summed E-state index contributed by atoms with van der Waals surface area (Å²) in [5.74, 6) is 0.824. The molecule has 0 spiro atoms. The fourth-order valence-corrected chi connectivity index (χ4v) is 2.39. The van der Waals surface area contributed by atoms with Gasteiger partial charge in [-0.3, -0.25) is 0 Å². The quantitative estimate of drug-likeness (QED) is 0.806. The predicted molar refractivity (Wildman–Crippen MR) is 64.0 cm³/mol. The minimum Gasteiger partial charge on any atom is -0.504 e. The molecular formula is C13H19NO2. The number of ether oxygens (including phenoxy) is 1. The Labute approximate surface area is 96.4 Å². The molecule has 0 bridgehead atoms. The highest BCUT2D eigenvalue weighted by Crippen LogP contribution is 2.34. The van der Waals surface area contributed by atoms with E-state index in [1.54, 1.807) is 7.11 Å². The van der Waals surface area contributed by atoms with Crippen LogP contribution in [0.3, 0.4) is 0 Å². The molecule has 1 aromatic rings. The monoisotopic (exact) mass is 221 g/mol. The van der Waals surface area contributed by atoms with Crippen LogP contribution in [0.15, 0.2) is 12.1 Å². The Morgan fingerprint density at radius 2 is 2.19 bits per heavy atom. The van der Waals surface area contributed by atoms with E-state index in [4.69, 9.17) is 4.74 Å². The van der Waals surface area contributed by atoms with Gasteiger partial charge in [0.2, 0.25) is 0 Å². The van der Waals surface area contributed by atoms with Gasteiger partial charge in [0.15, 0.2) is 11.5 Å². The summed E-state index contributed by atoms with van der Waals surface area (Å²) in [7, 11) is 1.58. The Bertz CT molecular complexity index is 347. The van der Waals surface area contributed by atoms with Gasteiger partial charge in [0, 0.05) is 6.04 Å². The maximum Gasteiger partial charge on any atom is 0.163 e. The highest BCUT2D eigenvalue weighted by atomic mass is 16.5. The lowest BCUT2D eigenvalue weighted by Crippen LogP contribution is -2.26. The van der Waals surface area contributed by atoms with Crippen LogP contribution >= 0.6 is 0 Å². The summed E-state index contributed by atoms with van der Waals surface area (Å²) >= 11 is 0. The number of piperidine rings is 1. The van der Waals surface area contributed by atoms with Crippen molar-refractivity contribution in [2.75, 3.05) is 13.7 Å². The van der Waals surface area contributed by atoms with Gasteiger partial charge in [-0.25, -0.2) is 0 Å². The van der Waals surface area contributed by atoms with Gasteiger partial charge >= 0.3 is 0 Å². The van der Waals surface area contributed by atoms with E-state index in [2.05, 4.69) is 11.4 Å². The highest BCUT2D eigenvalue weighted by molar-refractivity contribution is 5.48. The van der Waals surface area contributed by atoms with E-state index in [0.717, 1.165) is 24.1 Å². The Balaban J connectivity index is 2.28. The molecular weight excluding hydrogens is 202 g/mol. The van der Waals surface area contributed by atoms with Crippen molar-refractivity contribution in [1.82, 2.24) is 5.32 Å². The molecule has 1 fully saturated rings. The van der Waals surface area contributed by atoms with Crippen LogP contribution < -0.4 is 10.1 Å². The zero-order chi connectivity index (χ0) is 11.5. The van der Waals surface area contributed by atoms with Gasteiger partial charge in [-0.15, -0.1) is 0 Å². The molecule has 0 radical (unpaired) electrons. The normalized spacial score (nSPS) is 20.8. The molecule has 1 unspecified atom stereocenters. The van der Waals surface area contributed by atoms with Crippen molar-refractivity contribution in [3.8, 4) is 11.5 Å². The summed E-state index contributed by atoms with van der Waals surface area (Å²) in [5, 5.41) is 13.3. The van der Waals surface area contributed by atoms with E-state index in [1.165, 1.54) is 12.8 Å². The molecule has 3 heteroatoms. The van der Waals surface area contributed by atoms with Crippen LogP contribution in [0.1, 0.15) is 36.4 Å². The minimum atomic E-state index is 0.241. The summed E-state index contributed by atoms with van der Waals surface area (Å²) in [6.45, 7) is 3.03. The minimum absolute atomic E-state index is 0.241. The van der Waals surface area contributed by atoms with Gasteiger partial charge in [-0.1, -0.05) is 12.5 Å². The van der Waals surface area contributed by atoms with Crippen molar-refractivity contribution < 1.29 is 9.84 Å². The fraction of sp³-hybridized carbons (Fsp3) is 0.538. The number of methoxy groups -OCH3 is 1. The topological polar surface area (TPSA) is 41.5 Å². The molecule has 1 saturated heterocycles. The third kappa shape index (κ3) is 2.14. The molecule has 2 rings (SSSR count). The molecule has 2 N–H and O–H groups in total. The van der Waals surface area contributed by atoms with Crippen LogP contribution in [0, 0.1) is 6.92 Å². The molecule has 0 saturated carbocycles. The molecule has 16 heavy (non-hydrogen) atoms. The molecule has 1 aromatic carbocycles. The summed E-state index contributed by atoms with van der Waals surface area (Å²) in [4.78, 5) is 0. The van der Waals surface area contributed by atoms with Crippen LogP contribution in [-0.4, -0.2) is 18.8 Å². The smallest absolute Gasteiger partial charge is 0.163 e. The first-order valence-electron chi connectivity index (χ1n) is 5.83. The first kappa shape index (κ1) is 11.3. The number of aromatic hydroxyl groups is 1. The second kappa shape index (κ2) is 4.74. The van der Waals surface area contributed by atoms with Gasteiger partial charge in [-0.05, 0) is 43.5 Å². The Morgan fingerprint density at radius 3 is 2.75 bits per heavy atom. The highest BCUT2D eigenvalue weighted by Gasteiger charge is 2.17. The summed E-state index contributed by atoms with van der Waals surface area (Å²) in [6.07, 6.45) is 3.65. The van der Waals surface area contributed by atoms with Crippen LogP contribution in [0.25, 0.3) is 0 Å². The zero-order valence-electron chi connectivity index (χ0n) is 9.92. The van der Waals surface area contributed by atoms with Gasteiger partial charge in [0.1, 0.15) is 0 Å². The SMILES string of the molecule is COc1c(C)cc(C2CCCCN2)cc1O. The van der Waals surface area contributed by atoms with Gasteiger partial charge < -0.3 is 15.2 Å². The third-order valence-electron chi connectivity index (χ3n) is 3.19. The number of aryl methyl sites for hydroxylation is 1. The first-order chi connectivity index (χ1) is 7.72. The maximum absolute atomic E-state index is 9.85. The number of phenols is 1. The largest absolute Gasteiger partial charge is 0.504 e. The van der Waals surface area contributed by atoms with Crippen LogP contribution in [0.2, 0.25) is 0 Å². The molecule has 88 valence electrons. The standard InChI is InChI=1S/C13H19NO2/c1-9-7-10(8-12(15)13(9)16-2)11-5-3-4-6-14-11/h7-8,11,14-15H,3-6H2,1-2H3. The van der Waals surface area contributed by atoms with Gasteiger partial charge in [0.05, 0.1) is 7.11 Å². The van der Waals surface area contributed by atoms with E-state index in [0.29, 0.717) is 11.8 Å². The molecule has 0 aliphatic carbocycles. The first-order valence-corrected chi connectivity index (χ1v) is 5.83. The second-order valence-electron chi connectivity index (χ2n) is 4.39. The van der Waals surface area contributed by atoms with E-state index in [-0.39, 0.29) is 5.75 Å². The Kier molecular flexibility index (Phi) is 3.34. The van der Waals surface area contributed by atoms with Crippen LogP contribution in [0.5, 0.6) is 11.5 Å². The van der Waals surface area contributed by atoms with Crippen molar-refractivity contribution in [3.05, 3.63) is 23.3 Å². The van der Waals surface area contributed by atoms with Gasteiger partial charge in [0.25, 0.3) is 0 Å². The van der Waals surface area contributed by atoms with E-state index in [9.17, 15) is 5.11 Å². The maximum atomic E-state index is 9.85. The van der Waals surface area contributed by atoms with Crippen molar-refractivity contribution in [2.24, 2.45) is 0 Å². The van der Waals surface area contributed by atoms with Crippen molar-refractivity contribution >= 4 is 0 Å². The van der Waals surface area contributed by atoms with Crippen molar-refractivity contribution in [1.29, 1.82) is 0 Å². The van der Waals surface area contributed by atoms with E-state index >= 15 is 0 Å². The lowest BCUT2D eigenvalue weighted by Gasteiger charge is -2.24. The van der Waals surface area contributed by atoms with Gasteiger partial charge in [-0.2, -0.15) is 0 Å². The molecule has 1 aliphatic heterocycles. The number of phenolic OH excluding ortho intramolecular Hbond substituents is 1. The predicted octanol–water partition coefficient (Wildman–Crippen LogP) is 2.52. The Morgan fingerprint density at radius 1 is 1.38 bits per heavy atom. The van der Waals surface area contributed by atoms with E-state index in [1.807, 2.05) is 13.0 Å². The third-order valence-corrected chi connectivity index (χ3v) is 3.19. The second-order valence-corrected chi connectivity index (χ2v) is 4.39. The average molecular weight is 221 g/mol. The lowest BCUT2D eigenvalue weighted by molar-refractivity contribution is 0.367. The lowest BCUT2D eigenvalue weighted by atomic mass is 9.96.